The summed E-state index contributed by atoms with van der Waals surface area (Å²) in [7, 11) is 0. The molecule has 1 aliphatic carbocycles. The van der Waals surface area contributed by atoms with Crippen molar-refractivity contribution in [3.05, 3.63) is 34.9 Å². The molecule has 1 saturated heterocycles. The summed E-state index contributed by atoms with van der Waals surface area (Å²) in [6.07, 6.45) is 4.23. The van der Waals surface area contributed by atoms with Crippen LogP contribution in [0, 0.1) is 0 Å². The van der Waals surface area contributed by atoms with Crippen LogP contribution in [0.4, 0.5) is 4.79 Å². The van der Waals surface area contributed by atoms with Gasteiger partial charge in [-0.3, -0.25) is 19.3 Å². The van der Waals surface area contributed by atoms with Gasteiger partial charge in [-0.2, -0.15) is 0 Å². The van der Waals surface area contributed by atoms with E-state index in [1.807, 2.05) is 12.1 Å². The van der Waals surface area contributed by atoms with E-state index in [2.05, 4.69) is 0 Å². The second-order valence-corrected chi connectivity index (χ2v) is 5.84. The number of hydrogen-bond donors (Lipinski definition) is 0. The molecule has 1 aromatic carbocycles. The molecule has 120 valence electrons. The zero-order chi connectivity index (χ0) is 16.6. The van der Waals surface area contributed by atoms with E-state index in [1.54, 1.807) is 13.0 Å². The number of urea groups is 1. The third-order valence-corrected chi connectivity index (χ3v) is 4.42. The number of rotatable bonds is 4. The normalized spacial score (nSPS) is 17.7. The maximum Gasteiger partial charge on any atom is 0.334 e. The van der Waals surface area contributed by atoms with Gasteiger partial charge in [0, 0.05) is 12.1 Å². The zero-order valence-corrected chi connectivity index (χ0v) is 13.0. The van der Waals surface area contributed by atoms with Crippen LogP contribution in [0.1, 0.15) is 41.3 Å². The minimum absolute atomic E-state index is 0.118. The third-order valence-electron chi connectivity index (χ3n) is 4.42. The summed E-state index contributed by atoms with van der Waals surface area (Å²) in [6.45, 7) is 1.34. The van der Waals surface area contributed by atoms with E-state index in [1.165, 1.54) is 5.56 Å². The van der Waals surface area contributed by atoms with Crippen LogP contribution in [0.2, 0.25) is 0 Å². The summed E-state index contributed by atoms with van der Waals surface area (Å²) < 4.78 is 0. The second-order valence-electron chi connectivity index (χ2n) is 5.84. The molecule has 1 heterocycles. The van der Waals surface area contributed by atoms with Gasteiger partial charge in [-0.1, -0.05) is 12.1 Å². The number of carbonyl (C=O) groups excluding carboxylic acids is 4. The Hall–Kier alpha value is -2.50. The van der Waals surface area contributed by atoms with E-state index in [0.717, 1.165) is 41.0 Å². The van der Waals surface area contributed by atoms with Crippen LogP contribution in [-0.2, 0) is 22.4 Å². The molecule has 6 heteroatoms. The molecule has 0 unspecified atom stereocenters. The fraction of sp³-hybridized carbons (Fsp3) is 0.412. The first kappa shape index (κ1) is 15.4. The third kappa shape index (κ3) is 2.65. The first-order valence-corrected chi connectivity index (χ1v) is 7.85. The Morgan fingerprint density at radius 2 is 1.65 bits per heavy atom. The van der Waals surface area contributed by atoms with Gasteiger partial charge in [0.25, 0.3) is 0 Å². The van der Waals surface area contributed by atoms with Crippen molar-refractivity contribution in [3.8, 4) is 0 Å². The molecular formula is C17H18N2O4. The van der Waals surface area contributed by atoms with E-state index in [9.17, 15) is 19.2 Å². The summed E-state index contributed by atoms with van der Waals surface area (Å²) >= 11 is 0. The van der Waals surface area contributed by atoms with Gasteiger partial charge in [0.1, 0.15) is 0 Å². The van der Waals surface area contributed by atoms with E-state index < -0.39 is 24.4 Å². The van der Waals surface area contributed by atoms with Crippen LogP contribution in [-0.4, -0.2) is 46.5 Å². The molecule has 0 radical (unpaired) electrons. The molecule has 23 heavy (non-hydrogen) atoms. The maximum atomic E-state index is 12.4. The molecule has 1 aromatic rings. The lowest BCUT2D eigenvalue weighted by atomic mass is 9.90. The highest BCUT2D eigenvalue weighted by atomic mass is 16.2. The molecule has 2 aliphatic rings. The Kier molecular flexibility index (Phi) is 3.98. The largest absolute Gasteiger partial charge is 0.334 e. The summed E-state index contributed by atoms with van der Waals surface area (Å²) in [5.74, 6) is -2.12. The fourth-order valence-electron chi connectivity index (χ4n) is 3.11. The Bertz CT molecular complexity index is 711. The Balaban J connectivity index is 1.78. The molecule has 0 aromatic heterocycles. The van der Waals surface area contributed by atoms with Crippen molar-refractivity contribution in [2.24, 2.45) is 0 Å². The molecule has 0 atom stereocenters. The van der Waals surface area contributed by atoms with Gasteiger partial charge in [-0.05, 0) is 49.8 Å². The van der Waals surface area contributed by atoms with Crippen molar-refractivity contribution in [2.45, 2.75) is 32.6 Å². The highest BCUT2D eigenvalue weighted by Crippen LogP contribution is 2.23. The second kappa shape index (κ2) is 5.95. The molecule has 0 spiro atoms. The smallest absolute Gasteiger partial charge is 0.292 e. The van der Waals surface area contributed by atoms with Crippen LogP contribution in [0.15, 0.2) is 18.2 Å². The number of aryl methyl sites for hydroxylation is 2. The van der Waals surface area contributed by atoms with Crippen molar-refractivity contribution in [1.29, 1.82) is 0 Å². The van der Waals surface area contributed by atoms with Gasteiger partial charge in [0.05, 0.1) is 6.54 Å². The van der Waals surface area contributed by atoms with Crippen molar-refractivity contribution in [3.63, 3.8) is 0 Å². The predicted molar refractivity (Wildman–Crippen MR) is 81.9 cm³/mol. The predicted octanol–water partition coefficient (Wildman–Crippen LogP) is 1.56. The Labute approximate surface area is 134 Å². The monoisotopic (exact) mass is 314 g/mol. The van der Waals surface area contributed by atoms with E-state index in [4.69, 9.17) is 0 Å². The van der Waals surface area contributed by atoms with E-state index in [-0.39, 0.29) is 12.3 Å². The first-order valence-electron chi connectivity index (χ1n) is 7.85. The van der Waals surface area contributed by atoms with Crippen LogP contribution in [0.5, 0.6) is 0 Å². The Morgan fingerprint density at radius 1 is 1.00 bits per heavy atom. The molecule has 1 fully saturated rings. The van der Waals surface area contributed by atoms with Gasteiger partial charge < -0.3 is 0 Å². The van der Waals surface area contributed by atoms with Crippen LogP contribution >= 0.6 is 0 Å². The number of hydrogen-bond acceptors (Lipinski definition) is 4. The molecule has 6 nitrogen and oxygen atoms in total. The van der Waals surface area contributed by atoms with Gasteiger partial charge in [-0.25, -0.2) is 9.69 Å². The molecule has 0 N–H and O–H groups in total. The highest BCUT2D eigenvalue weighted by Gasteiger charge is 2.44. The molecular weight excluding hydrogens is 296 g/mol. The molecule has 0 saturated carbocycles. The lowest BCUT2D eigenvalue weighted by molar-refractivity contribution is -0.143. The first-order chi connectivity index (χ1) is 11.0. The number of likely N-dealkylation sites (N-methyl/N-ethyl adjacent to an activating group) is 1. The average Bonchev–Trinajstić information content (AvgIpc) is 2.77. The summed E-state index contributed by atoms with van der Waals surface area (Å²) in [5, 5.41) is 0. The minimum Gasteiger partial charge on any atom is -0.292 e. The van der Waals surface area contributed by atoms with Gasteiger partial charge in [0.15, 0.2) is 5.78 Å². The molecule has 4 amide bonds. The number of Topliss-reactive ketones (excluding diaryl/α,β-unsaturated/α-hetero) is 1. The van der Waals surface area contributed by atoms with E-state index in [0.29, 0.717) is 5.56 Å². The summed E-state index contributed by atoms with van der Waals surface area (Å²) in [4.78, 5) is 49.5. The molecule has 1 aliphatic heterocycles. The zero-order valence-electron chi connectivity index (χ0n) is 13.0. The number of carbonyl (C=O) groups is 4. The number of ketones is 1. The fourth-order valence-corrected chi connectivity index (χ4v) is 3.11. The maximum absolute atomic E-state index is 12.4. The van der Waals surface area contributed by atoms with Gasteiger partial charge in [-0.15, -0.1) is 0 Å². The number of fused-ring (bicyclic) bond motifs is 1. The minimum atomic E-state index is -0.928. The summed E-state index contributed by atoms with van der Waals surface area (Å²) in [5.41, 5.74) is 2.90. The van der Waals surface area contributed by atoms with Crippen molar-refractivity contribution < 1.29 is 19.2 Å². The summed E-state index contributed by atoms with van der Waals surface area (Å²) in [6, 6.07) is 4.81. The van der Waals surface area contributed by atoms with Crippen molar-refractivity contribution >= 4 is 23.6 Å². The number of nitrogens with zero attached hydrogens (tertiary/aromatic N) is 2. The van der Waals surface area contributed by atoms with E-state index >= 15 is 0 Å². The number of benzene rings is 1. The Morgan fingerprint density at radius 3 is 2.30 bits per heavy atom. The molecule has 0 bridgehead atoms. The quantitative estimate of drug-likeness (QED) is 0.480. The highest BCUT2D eigenvalue weighted by molar-refractivity contribution is 6.45. The number of imide groups is 2. The van der Waals surface area contributed by atoms with Crippen molar-refractivity contribution in [1.82, 2.24) is 9.80 Å². The van der Waals surface area contributed by atoms with Gasteiger partial charge >= 0.3 is 17.8 Å². The van der Waals surface area contributed by atoms with Crippen LogP contribution < -0.4 is 0 Å². The van der Waals surface area contributed by atoms with Crippen molar-refractivity contribution in [2.75, 3.05) is 13.1 Å². The van der Waals surface area contributed by atoms with Crippen LogP contribution in [0.3, 0.4) is 0 Å². The standard InChI is InChI=1S/C17H18N2O4/c1-2-18-15(21)16(22)19(17(18)23)10-14(20)13-8-7-11-5-3-4-6-12(11)9-13/h7-9H,2-6,10H2,1H3. The molecule has 3 rings (SSSR count). The SMILES string of the molecule is CCN1C(=O)C(=O)N(CC(=O)c2ccc3c(c2)CCCC3)C1=O. The van der Waals surface area contributed by atoms with Gasteiger partial charge in [0.2, 0.25) is 0 Å². The lowest BCUT2D eigenvalue weighted by Crippen LogP contribution is -2.37. The van der Waals surface area contributed by atoms with Crippen LogP contribution in [0.25, 0.3) is 0 Å². The average molecular weight is 314 g/mol. The topological polar surface area (TPSA) is 74.8 Å². The number of amides is 4. The lowest BCUT2D eigenvalue weighted by Gasteiger charge is -2.17.